The number of benzene rings is 3. The molecule has 1 saturated carbocycles. The van der Waals surface area contributed by atoms with Crippen LogP contribution in [-0.4, -0.2) is 37.1 Å². The number of rotatable bonds is 9. The Bertz CT molecular complexity index is 1530. The summed E-state index contributed by atoms with van der Waals surface area (Å²) in [4.78, 5) is 23.8. The van der Waals surface area contributed by atoms with Gasteiger partial charge in [-0.15, -0.1) is 0 Å². The minimum atomic E-state index is -3.36. The van der Waals surface area contributed by atoms with Crippen molar-refractivity contribution in [2.45, 2.75) is 63.3 Å². The Labute approximate surface area is 250 Å². The number of fused-ring (bicyclic) bond motifs is 1. The van der Waals surface area contributed by atoms with Gasteiger partial charge in [0, 0.05) is 54.7 Å². The summed E-state index contributed by atoms with van der Waals surface area (Å²) < 4.78 is 68.0. The van der Waals surface area contributed by atoms with Crippen molar-refractivity contribution in [3.63, 3.8) is 0 Å². The molecule has 0 aromatic heterocycles. The molecule has 0 bridgehead atoms. The largest absolute Gasteiger partial charge is 0.480 e. The predicted octanol–water partition coefficient (Wildman–Crippen LogP) is 5.85. The molecule has 43 heavy (non-hydrogen) atoms. The molecule has 2 aliphatic rings. The van der Waals surface area contributed by atoms with Gasteiger partial charge in [0.2, 0.25) is 11.8 Å². The summed E-state index contributed by atoms with van der Waals surface area (Å²) in [6.45, 7) is -1.59. The number of nitrogens with two attached hydrogens (primary N) is 1. The molecule has 2 amide bonds. The van der Waals surface area contributed by atoms with Crippen LogP contribution in [0, 0.1) is 11.6 Å². The molecule has 3 aromatic carbocycles. The third-order valence-electron chi connectivity index (χ3n) is 8.00. The number of amides is 2. The number of carbonyl (C=O) groups is 2. The number of hydrogen-bond donors (Lipinski definition) is 3. The highest BCUT2D eigenvalue weighted by atomic mass is 35.5. The van der Waals surface area contributed by atoms with Crippen LogP contribution in [0.15, 0.2) is 48.5 Å². The van der Waals surface area contributed by atoms with Gasteiger partial charge in [0.15, 0.2) is 17.2 Å². The van der Waals surface area contributed by atoms with Crippen molar-refractivity contribution >= 4 is 23.4 Å². The molecule has 0 unspecified atom stereocenters. The number of carbonyl (C=O) groups excluding carboxylic acids is 2. The topological polar surface area (TPSA) is 103 Å². The first kappa shape index (κ1) is 30.6. The van der Waals surface area contributed by atoms with Gasteiger partial charge in [0.05, 0.1) is 10.6 Å². The molecule has 0 spiro atoms. The van der Waals surface area contributed by atoms with Crippen molar-refractivity contribution in [1.82, 2.24) is 10.6 Å². The molecule has 0 saturated heterocycles. The molecule has 228 valence electrons. The minimum absolute atomic E-state index is 0.0620. The molecule has 1 fully saturated rings. The Hall–Kier alpha value is -3.83. The second kappa shape index (κ2) is 12.4. The molecular formula is C31H30ClF4N3O4. The lowest BCUT2D eigenvalue weighted by Gasteiger charge is -2.34. The summed E-state index contributed by atoms with van der Waals surface area (Å²) in [6, 6.07) is 12.4. The van der Waals surface area contributed by atoms with E-state index in [2.05, 4.69) is 15.4 Å². The number of alkyl halides is 2. The summed E-state index contributed by atoms with van der Waals surface area (Å²) >= 11 is 6.42. The Morgan fingerprint density at radius 3 is 2.37 bits per heavy atom. The highest BCUT2D eigenvalue weighted by Gasteiger charge is 2.44. The van der Waals surface area contributed by atoms with Crippen LogP contribution >= 0.6 is 11.6 Å². The molecule has 4 N–H and O–H groups in total. The van der Waals surface area contributed by atoms with Crippen LogP contribution in [0.5, 0.6) is 11.5 Å². The molecule has 1 atom stereocenters. The minimum Gasteiger partial charge on any atom is -0.480 e. The van der Waals surface area contributed by atoms with Crippen molar-refractivity contribution in [3.05, 3.63) is 81.9 Å². The van der Waals surface area contributed by atoms with Crippen molar-refractivity contribution in [2.24, 2.45) is 5.73 Å². The average molecular weight is 620 g/mol. The first-order chi connectivity index (χ1) is 20.5. The van der Waals surface area contributed by atoms with Crippen LogP contribution in [0.4, 0.5) is 17.6 Å². The van der Waals surface area contributed by atoms with E-state index in [9.17, 15) is 18.4 Å². The monoisotopic (exact) mass is 619 g/mol. The summed E-state index contributed by atoms with van der Waals surface area (Å²) in [5, 5.41) is 5.99. The molecule has 0 radical (unpaired) electrons. The van der Waals surface area contributed by atoms with Gasteiger partial charge in [-0.2, -0.15) is 8.78 Å². The fourth-order valence-corrected chi connectivity index (χ4v) is 6.30. The maximum atomic E-state index is 15.8. The van der Waals surface area contributed by atoms with Gasteiger partial charge in [0.1, 0.15) is 11.6 Å². The average Bonchev–Trinajstić information content (AvgIpc) is 3.33. The van der Waals surface area contributed by atoms with Crippen molar-refractivity contribution in [2.75, 3.05) is 6.54 Å². The predicted molar refractivity (Wildman–Crippen MR) is 152 cm³/mol. The quantitative estimate of drug-likeness (QED) is 0.261. The zero-order valence-corrected chi connectivity index (χ0v) is 23.9. The SMILES string of the molecule is CC(=O)NC1CCC(NC[C@@]2(c3ccccc3)Cc3c(cc(F)c(Cl)c3-c3c(C(N)=O)ccc(OC(F)F)c3F)O2)CC1. The van der Waals surface area contributed by atoms with Crippen LogP contribution in [0.1, 0.15) is 54.1 Å². The van der Waals surface area contributed by atoms with Crippen LogP contribution in [0.2, 0.25) is 5.02 Å². The smallest absolute Gasteiger partial charge is 0.387 e. The number of primary amides is 1. The fourth-order valence-electron chi connectivity index (χ4n) is 6.04. The third-order valence-corrected chi connectivity index (χ3v) is 8.37. The van der Waals surface area contributed by atoms with E-state index < -0.39 is 46.1 Å². The number of hydrogen-bond acceptors (Lipinski definition) is 5. The standard InChI is InChI=1S/C31H30ClF4N3O4/c1-16(40)39-19-9-7-18(8-10-19)38-15-31(17-5-3-2-4-6-17)14-21-24(43-31)13-22(33)27(32)25(21)26-20(29(37)41)11-12-23(28(26)34)42-30(35)36/h2-6,11-13,18-19,30,38H,7-10,14-15H2,1H3,(H2,37,41)(H,39,40)/t18?,19?,31-/m1/s1. The van der Waals surface area contributed by atoms with Crippen LogP contribution in [0.3, 0.4) is 0 Å². The van der Waals surface area contributed by atoms with Crippen molar-refractivity contribution in [1.29, 1.82) is 0 Å². The maximum absolute atomic E-state index is 15.8. The Morgan fingerprint density at radius 2 is 1.74 bits per heavy atom. The first-order valence-electron chi connectivity index (χ1n) is 13.8. The Kier molecular flexibility index (Phi) is 8.84. The highest BCUT2D eigenvalue weighted by Crippen LogP contribution is 2.50. The second-order valence-electron chi connectivity index (χ2n) is 10.8. The van der Waals surface area contributed by atoms with Gasteiger partial charge >= 0.3 is 6.61 Å². The highest BCUT2D eigenvalue weighted by molar-refractivity contribution is 6.34. The molecule has 12 heteroatoms. The van der Waals surface area contributed by atoms with E-state index in [0.717, 1.165) is 49.4 Å². The molecule has 1 aliphatic carbocycles. The number of ether oxygens (including phenoxy) is 2. The second-order valence-corrected chi connectivity index (χ2v) is 11.2. The molecule has 5 rings (SSSR count). The van der Waals surface area contributed by atoms with E-state index in [0.29, 0.717) is 0 Å². The number of halogens is 5. The van der Waals surface area contributed by atoms with Gasteiger partial charge in [-0.25, -0.2) is 8.78 Å². The Balaban J connectivity index is 1.55. The van der Waals surface area contributed by atoms with Gasteiger partial charge in [-0.1, -0.05) is 41.9 Å². The lowest BCUT2D eigenvalue weighted by atomic mass is 9.84. The number of nitrogens with one attached hydrogen (secondary N) is 2. The summed E-state index contributed by atoms with van der Waals surface area (Å²) in [5.74, 6) is -4.23. The zero-order chi connectivity index (χ0) is 30.9. The zero-order valence-electron chi connectivity index (χ0n) is 23.2. The molecule has 1 heterocycles. The van der Waals surface area contributed by atoms with Crippen molar-refractivity contribution in [3.8, 4) is 22.6 Å². The molecular weight excluding hydrogens is 590 g/mol. The van der Waals surface area contributed by atoms with Gasteiger partial charge in [-0.3, -0.25) is 9.59 Å². The van der Waals surface area contributed by atoms with E-state index in [1.165, 1.54) is 6.92 Å². The first-order valence-corrected chi connectivity index (χ1v) is 14.2. The van der Waals surface area contributed by atoms with E-state index in [4.69, 9.17) is 22.1 Å². The summed E-state index contributed by atoms with van der Waals surface area (Å²) in [6.07, 6.45) is 3.28. The van der Waals surface area contributed by atoms with Gasteiger partial charge in [0.25, 0.3) is 0 Å². The summed E-state index contributed by atoms with van der Waals surface area (Å²) in [7, 11) is 0. The third kappa shape index (κ3) is 6.28. The fraction of sp³-hybridized carbons (Fsp3) is 0.355. The molecule has 3 aromatic rings. The molecule has 7 nitrogen and oxygen atoms in total. The summed E-state index contributed by atoms with van der Waals surface area (Å²) in [5.41, 5.74) is 4.29. The van der Waals surface area contributed by atoms with E-state index in [1.807, 2.05) is 30.3 Å². The Morgan fingerprint density at radius 1 is 1.07 bits per heavy atom. The van der Waals surface area contributed by atoms with Crippen LogP contribution in [0.25, 0.3) is 11.1 Å². The van der Waals surface area contributed by atoms with Crippen LogP contribution < -0.4 is 25.8 Å². The van der Waals surface area contributed by atoms with E-state index in [1.54, 1.807) is 0 Å². The van der Waals surface area contributed by atoms with Crippen LogP contribution in [-0.2, 0) is 16.8 Å². The lowest BCUT2D eigenvalue weighted by Crippen LogP contribution is -2.48. The lowest BCUT2D eigenvalue weighted by molar-refractivity contribution is -0.119. The van der Waals surface area contributed by atoms with Crippen molar-refractivity contribution < 1.29 is 36.6 Å². The maximum Gasteiger partial charge on any atom is 0.387 e. The van der Waals surface area contributed by atoms with Gasteiger partial charge in [-0.05, 0) is 43.4 Å². The van der Waals surface area contributed by atoms with Gasteiger partial charge < -0.3 is 25.8 Å². The normalized spacial score (nSPS) is 21.3. The molecule has 1 aliphatic heterocycles. The van der Waals surface area contributed by atoms with E-state index in [-0.39, 0.29) is 53.4 Å². The van der Waals surface area contributed by atoms with E-state index >= 15 is 8.78 Å².